The zero-order chi connectivity index (χ0) is 23.8. The van der Waals surface area contributed by atoms with Gasteiger partial charge in [-0.25, -0.2) is 4.98 Å². The summed E-state index contributed by atoms with van der Waals surface area (Å²) in [7, 11) is 1.99. The molecule has 0 bridgehead atoms. The standard InChI is InChI=1S/C27H24ClN3O3/c1-27(2,33)20-13-18(20)25-29-21-9-8-17(12-22(21)30(25)3)31-11-10-23-19(26(31)32)14-24(34-23)15-4-6-16(28)7-5-15/h4-12,14,18,20,33H,13H2,1-3H3. The summed E-state index contributed by atoms with van der Waals surface area (Å²) in [6.45, 7) is 3.71. The number of hydrogen-bond acceptors (Lipinski definition) is 4. The van der Waals surface area contributed by atoms with E-state index in [0.717, 1.165) is 34.5 Å². The van der Waals surface area contributed by atoms with E-state index < -0.39 is 5.60 Å². The van der Waals surface area contributed by atoms with Gasteiger partial charge in [0.25, 0.3) is 5.56 Å². The second-order valence-corrected chi connectivity index (χ2v) is 10.1. The molecule has 3 aromatic heterocycles. The molecule has 1 fully saturated rings. The van der Waals surface area contributed by atoms with E-state index in [1.165, 1.54) is 0 Å². The third-order valence-electron chi connectivity index (χ3n) is 6.92. The van der Waals surface area contributed by atoms with E-state index in [4.69, 9.17) is 21.0 Å². The Morgan fingerprint density at radius 1 is 1.12 bits per heavy atom. The van der Waals surface area contributed by atoms with Gasteiger partial charge in [-0.3, -0.25) is 9.36 Å². The maximum Gasteiger partial charge on any atom is 0.266 e. The molecule has 0 spiro atoms. The molecule has 2 aromatic carbocycles. The highest BCUT2D eigenvalue weighted by atomic mass is 35.5. The third-order valence-corrected chi connectivity index (χ3v) is 7.17. The van der Waals surface area contributed by atoms with Crippen LogP contribution in [-0.2, 0) is 7.05 Å². The Hall–Kier alpha value is -3.35. The lowest BCUT2D eigenvalue weighted by Gasteiger charge is -2.16. The fourth-order valence-electron chi connectivity index (χ4n) is 4.93. The van der Waals surface area contributed by atoms with Crippen molar-refractivity contribution < 1.29 is 9.52 Å². The van der Waals surface area contributed by atoms with Gasteiger partial charge in [0.05, 0.1) is 27.7 Å². The summed E-state index contributed by atoms with van der Waals surface area (Å²) >= 11 is 5.99. The van der Waals surface area contributed by atoms with Gasteiger partial charge in [-0.2, -0.15) is 0 Å². The van der Waals surface area contributed by atoms with Crippen LogP contribution in [0.25, 0.3) is 39.0 Å². The van der Waals surface area contributed by atoms with Crippen LogP contribution < -0.4 is 5.56 Å². The van der Waals surface area contributed by atoms with Gasteiger partial charge < -0.3 is 14.1 Å². The van der Waals surface area contributed by atoms with E-state index in [2.05, 4.69) is 4.57 Å². The fraction of sp³-hybridized carbons (Fsp3) is 0.259. The van der Waals surface area contributed by atoms with Gasteiger partial charge in [-0.15, -0.1) is 0 Å². The molecule has 1 aliphatic carbocycles. The van der Waals surface area contributed by atoms with Gasteiger partial charge in [0.1, 0.15) is 17.2 Å². The van der Waals surface area contributed by atoms with Gasteiger partial charge in [0.2, 0.25) is 0 Å². The highest BCUT2D eigenvalue weighted by Crippen LogP contribution is 2.53. The number of halogens is 1. The molecule has 0 amide bonds. The Morgan fingerprint density at radius 2 is 1.88 bits per heavy atom. The Kier molecular flexibility index (Phi) is 4.57. The highest BCUT2D eigenvalue weighted by Gasteiger charge is 2.49. The molecule has 3 heterocycles. The van der Waals surface area contributed by atoms with E-state index in [1.54, 1.807) is 29.0 Å². The maximum atomic E-state index is 13.4. The first-order valence-corrected chi connectivity index (χ1v) is 11.7. The first kappa shape index (κ1) is 21.2. The fourth-order valence-corrected chi connectivity index (χ4v) is 5.06. The molecule has 2 unspecified atom stereocenters. The Morgan fingerprint density at radius 3 is 2.59 bits per heavy atom. The summed E-state index contributed by atoms with van der Waals surface area (Å²) in [5, 5.41) is 11.5. The third kappa shape index (κ3) is 3.37. The van der Waals surface area contributed by atoms with Crippen molar-refractivity contribution in [3.05, 3.63) is 82.0 Å². The van der Waals surface area contributed by atoms with E-state index in [-0.39, 0.29) is 17.4 Å². The predicted molar refractivity (Wildman–Crippen MR) is 134 cm³/mol. The Labute approximate surface area is 201 Å². The molecule has 0 radical (unpaired) electrons. The quantitative estimate of drug-likeness (QED) is 0.365. The van der Waals surface area contributed by atoms with Crippen LogP contribution in [0.4, 0.5) is 0 Å². The van der Waals surface area contributed by atoms with Crippen LogP contribution in [-0.4, -0.2) is 24.8 Å². The summed E-state index contributed by atoms with van der Waals surface area (Å²) in [5.74, 6) is 2.06. The second kappa shape index (κ2) is 7.32. The van der Waals surface area contributed by atoms with Crippen LogP contribution in [0.2, 0.25) is 5.02 Å². The number of aryl methyl sites for hydroxylation is 1. The number of aromatic nitrogens is 3. The molecule has 1 aliphatic rings. The van der Waals surface area contributed by atoms with Gasteiger partial charge in [0.15, 0.2) is 0 Å². The lowest BCUT2D eigenvalue weighted by atomic mass is 10.0. The van der Waals surface area contributed by atoms with Crippen LogP contribution >= 0.6 is 11.6 Å². The van der Waals surface area contributed by atoms with Crippen LogP contribution in [0.5, 0.6) is 0 Å². The SMILES string of the molecule is Cn1c(C2CC2C(C)(C)O)nc2ccc(-n3ccc4oc(-c5ccc(Cl)cc5)cc4c3=O)cc21. The average Bonchev–Trinajstić information content (AvgIpc) is 3.39. The van der Waals surface area contributed by atoms with Gasteiger partial charge in [-0.05, 0) is 80.8 Å². The average molecular weight is 474 g/mol. The minimum atomic E-state index is -0.716. The summed E-state index contributed by atoms with van der Waals surface area (Å²) in [6.07, 6.45) is 2.67. The van der Waals surface area contributed by atoms with Crippen LogP contribution in [0.1, 0.15) is 32.0 Å². The lowest BCUT2D eigenvalue weighted by Crippen LogP contribution is -2.22. The van der Waals surface area contributed by atoms with Crippen molar-refractivity contribution in [1.29, 1.82) is 0 Å². The number of benzene rings is 2. The number of rotatable bonds is 4. The van der Waals surface area contributed by atoms with Crippen molar-refractivity contribution in [2.45, 2.75) is 31.8 Å². The van der Waals surface area contributed by atoms with Gasteiger partial charge in [0, 0.05) is 29.7 Å². The molecular weight excluding hydrogens is 450 g/mol. The van der Waals surface area contributed by atoms with Crippen molar-refractivity contribution >= 4 is 33.6 Å². The number of imidazole rings is 1. The van der Waals surface area contributed by atoms with E-state index in [1.807, 2.05) is 57.3 Å². The molecule has 1 saturated carbocycles. The molecule has 0 aliphatic heterocycles. The van der Waals surface area contributed by atoms with Crippen LogP contribution in [0.3, 0.4) is 0 Å². The maximum absolute atomic E-state index is 13.4. The normalized spacial score (nSPS) is 18.1. The van der Waals surface area contributed by atoms with Crippen molar-refractivity contribution in [1.82, 2.24) is 14.1 Å². The van der Waals surface area contributed by atoms with Crippen LogP contribution in [0.15, 0.2) is 70.0 Å². The predicted octanol–water partition coefficient (Wildman–Crippen LogP) is 5.67. The van der Waals surface area contributed by atoms with Crippen molar-refractivity contribution in [3.8, 4) is 17.0 Å². The number of hydrogen-bond donors (Lipinski definition) is 1. The number of fused-ring (bicyclic) bond motifs is 2. The molecule has 6 rings (SSSR count). The zero-order valence-electron chi connectivity index (χ0n) is 19.1. The monoisotopic (exact) mass is 473 g/mol. The molecule has 1 N–H and O–H groups in total. The van der Waals surface area contributed by atoms with Crippen molar-refractivity contribution in [2.24, 2.45) is 13.0 Å². The summed E-state index contributed by atoms with van der Waals surface area (Å²) in [4.78, 5) is 18.2. The van der Waals surface area contributed by atoms with Crippen molar-refractivity contribution in [2.75, 3.05) is 0 Å². The second-order valence-electron chi connectivity index (χ2n) is 9.69. The molecular formula is C27H24ClN3O3. The Balaban J connectivity index is 1.40. The summed E-state index contributed by atoms with van der Waals surface area (Å²) in [6, 6.07) is 16.8. The molecule has 34 heavy (non-hydrogen) atoms. The largest absolute Gasteiger partial charge is 0.456 e. The van der Waals surface area contributed by atoms with E-state index in [9.17, 15) is 9.90 Å². The first-order chi connectivity index (χ1) is 16.2. The molecule has 0 saturated heterocycles. The van der Waals surface area contributed by atoms with E-state index >= 15 is 0 Å². The van der Waals surface area contributed by atoms with Crippen molar-refractivity contribution in [3.63, 3.8) is 0 Å². The zero-order valence-corrected chi connectivity index (χ0v) is 19.9. The molecule has 2 atom stereocenters. The summed E-state index contributed by atoms with van der Waals surface area (Å²) < 4.78 is 9.65. The minimum absolute atomic E-state index is 0.146. The smallest absolute Gasteiger partial charge is 0.266 e. The van der Waals surface area contributed by atoms with Gasteiger partial charge >= 0.3 is 0 Å². The summed E-state index contributed by atoms with van der Waals surface area (Å²) in [5.41, 5.74) is 3.14. The number of aliphatic hydroxyl groups is 1. The molecule has 5 aromatic rings. The Bertz CT molecular complexity index is 1620. The minimum Gasteiger partial charge on any atom is -0.456 e. The first-order valence-electron chi connectivity index (χ1n) is 11.3. The molecule has 172 valence electrons. The van der Waals surface area contributed by atoms with Gasteiger partial charge in [-0.1, -0.05) is 11.6 Å². The topological polar surface area (TPSA) is 73.2 Å². The number of furan rings is 1. The number of nitrogens with zero attached hydrogens (tertiary/aromatic N) is 3. The molecule has 6 nitrogen and oxygen atoms in total. The lowest BCUT2D eigenvalue weighted by molar-refractivity contribution is 0.0542. The van der Waals surface area contributed by atoms with Crippen LogP contribution in [0, 0.1) is 5.92 Å². The van der Waals surface area contributed by atoms with E-state index in [0.29, 0.717) is 21.8 Å². The number of pyridine rings is 1. The highest BCUT2D eigenvalue weighted by molar-refractivity contribution is 6.30. The molecule has 7 heteroatoms.